The van der Waals surface area contributed by atoms with Crippen molar-refractivity contribution in [2.24, 2.45) is 0 Å². The third-order valence-electron chi connectivity index (χ3n) is 2.59. The minimum atomic E-state index is -1.19. The van der Waals surface area contributed by atoms with Gasteiger partial charge >= 0.3 is 0 Å². The fourth-order valence-corrected chi connectivity index (χ4v) is 4.35. The first kappa shape index (κ1) is 16.6. The van der Waals surface area contributed by atoms with E-state index in [2.05, 4.69) is 0 Å². The zero-order chi connectivity index (χ0) is 13.7. The van der Waals surface area contributed by atoms with Gasteiger partial charge in [0.1, 0.15) is 18.3 Å². The zero-order valence-corrected chi connectivity index (χ0v) is 12.5. The highest BCUT2D eigenvalue weighted by Crippen LogP contribution is 2.31. The highest BCUT2D eigenvalue weighted by atomic mass is 32.2. The molecule has 1 aliphatic rings. The van der Waals surface area contributed by atoms with Crippen molar-refractivity contribution in [3.63, 3.8) is 0 Å². The summed E-state index contributed by atoms with van der Waals surface area (Å²) in [5.74, 6) is 1.70. The molecule has 0 radical (unpaired) electrons. The van der Waals surface area contributed by atoms with Gasteiger partial charge in [-0.05, 0) is 18.4 Å². The summed E-state index contributed by atoms with van der Waals surface area (Å²) >= 11 is 3.15. The van der Waals surface area contributed by atoms with E-state index in [1.807, 2.05) is 13.8 Å². The van der Waals surface area contributed by atoms with E-state index in [-0.39, 0.29) is 4.58 Å². The van der Waals surface area contributed by atoms with Crippen molar-refractivity contribution in [1.29, 1.82) is 0 Å². The van der Waals surface area contributed by atoms with Crippen molar-refractivity contribution in [3.05, 3.63) is 0 Å². The van der Waals surface area contributed by atoms with Crippen molar-refractivity contribution < 1.29 is 24.8 Å². The minimum Gasteiger partial charge on any atom is -0.388 e. The van der Waals surface area contributed by atoms with E-state index in [1.165, 1.54) is 0 Å². The van der Waals surface area contributed by atoms with Gasteiger partial charge in [0.05, 0.1) is 4.58 Å². The average Bonchev–Trinajstić information content (AvgIpc) is 2.66. The Hall–Kier alpha value is 0.500. The molecule has 0 aromatic heterocycles. The minimum absolute atomic E-state index is 0.137. The van der Waals surface area contributed by atoms with Crippen LogP contribution in [0.1, 0.15) is 20.8 Å². The quantitative estimate of drug-likeness (QED) is 0.595. The van der Waals surface area contributed by atoms with Gasteiger partial charge in [-0.15, -0.1) is 23.5 Å². The molecule has 0 aromatic rings. The van der Waals surface area contributed by atoms with Gasteiger partial charge in [0, 0.05) is 0 Å². The molecule has 1 saturated heterocycles. The largest absolute Gasteiger partial charge is 0.388 e. The first-order valence-corrected chi connectivity index (χ1v) is 8.19. The molecular formula is C11H22O5S2. The Morgan fingerprint density at radius 3 is 2.06 bits per heavy atom. The van der Waals surface area contributed by atoms with E-state index in [1.54, 1.807) is 30.4 Å². The lowest BCUT2D eigenvalue weighted by Crippen LogP contribution is -2.46. The van der Waals surface area contributed by atoms with E-state index in [4.69, 9.17) is 9.47 Å². The van der Waals surface area contributed by atoms with Crippen LogP contribution in [0, 0.1) is 0 Å². The summed E-state index contributed by atoms with van der Waals surface area (Å²) < 4.78 is 10.1. The summed E-state index contributed by atoms with van der Waals surface area (Å²) in [6.45, 7) is 5.64. The molecule has 5 atom stereocenters. The smallest absolute Gasteiger partial charge is 0.186 e. The van der Waals surface area contributed by atoms with Crippen molar-refractivity contribution in [1.82, 2.24) is 0 Å². The van der Waals surface area contributed by atoms with E-state index < -0.39 is 30.9 Å². The van der Waals surface area contributed by atoms with E-state index in [0.29, 0.717) is 0 Å². The number of aliphatic hydroxyl groups is 3. The predicted molar refractivity (Wildman–Crippen MR) is 73.5 cm³/mol. The number of thioether (sulfide) groups is 2. The Bertz CT molecular complexity index is 237. The standard InChI is InChI=1S/C11H22O5S2/c1-4-17-11(18-5-2)8(13)7(12)9-10(14)16-6(3)15-9/h6-14H,4-5H2,1-3H3/t6?,7-,8+,9+,10-/m0/s1. The molecule has 18 heavy (non-hydrogen) atoms. The molecule has 1 heterocycles. The van der Waals surface area contributed by atoms with Crippen molar-refractivity contribution in [3.8, 4) is 0 Å². The molecule has 0 saturated carbocycles. The normalized spacial score (nSPS) is 31.8. The molecule has 0 aromatic carbocycles. The zero-order valence-electron chi connectivity index (χ0n) is 10.9. The van der Waals surface area contributed by atoms with Crippen LogP contribution in [0.3, 0.4) is 0 Å². The molecule has 5 nitrogen and oxygen atoms in total. The number of rotatable bonds is 7. The average molecular weight is 298 g/mol. The van der Waals surface area contributed by atoms with Gasteiger partial charge < -0.3 is 24.8 Å². The summed E-state index contributed by atoms with van der Waals surface area (Å²) in [5, 5.41) is 29.8. The van der Waals surface area contributed by atoms with Crippen LogP contribution in [0.2, 0.25) is 0 Å². The monoisotopic (exact) mass is 298 g/mol. The summed E-state index contributed by atoms with van der Waals surface area (Å²) in [7, 11) is 0. The predicted octanol–water partition coefficient (Wildman–Crippen LogP) is 0.620. The number of ether oxygens (including phenoxy) is 2. The maximum atomic E-state index is 10.2. The fraction of sp³-hybridized carbons (Fsp3) is 1.00. The summed E-state index contributed by atoms with van der Waals surface area (Å²) in [6, 6.07) is 0. The molecule has 3 N–H and O–H groups in total. The Morgan fingerprint density at radius 2 is 1.67 bits per heavy atom. The van der Waals surface area contributed by atoms with Gasteiger partial charge in [0.15, 0.2) is 12.6 Å². The number of hydrogen-bond donors (Lipinski definition) is 3. The van der Waals surface area contributed by atoms with Crippen LogP contribution >= 0.6 is 23.5 Å². The SMILES string of the molecule is CCSC(SCC)[C@H](O)[C@H](O)[C@H]1OC(C)O[C@@H]1O. The van der Waals surface area contributed by atoms with Gasteiger partial charge in [-0.3, -0.25) is 0 Å². The van der Waals surface area contributed by atoms with Crippen molar-refractivity contribution in [2.45, 2.75) is 56.2 Å². The van der Waals surface area contributed by atoms with Crippen LogP contribution in [-0.2, 0) is 9.47 Å². The highest BCUT2D eigenvalue weighted by Gasteiger charge is 2.42. The van der Waals surface area contributed by atoms with Gasteiger partial charge in [0.25, 0.3) is 0 Å². The molecule has 1 rings (SSSR count). The van der Waals surface area contributed by atoms with Crippen LogP contribution < -0.4 is 0 Å². The molecule has 1 fully saturated rings. The van der Waals surface area contributed by atoms with Crippen LogP contribution in [0.25, 0.3) is 0 Å². The van der Waals surface area contributed by atoms with Crippen LogP contribution in [0.4, 0.5) is 0 Å². The van der Waals surface area contributed by atoms with E-state index >= 15 is 0 Å². The van der Waals surface area contributed by atoms with E-state index in [9.17, 15) is 15.3 Å². The van der Waals surface area contributed by atoms with Crippen molar-refractivity contribution >= 4 is 23.5 Å². The first-order valence-electron chi connectivity index (χ1n) is 6.09. The lowest BCUT2D eigenvalue weighted by atomic mass is 10.1. The number of aliphatic hydroxyl groups excluding tert-OH is 3. The first-order chi connectivity index (χ1) is 8.51. The summed E-state index contributed by atoms with van der Waals surface area (Å²) in [5.41, 5.74) is 0. The Kier molecular flexibility index (Phi) is 7.30. The molecule has 0 bridgehead atoms. The molecule has 0 spiro atoms. The molecule has 108 valence electrons. The van der Waals surface area contributed by atoms with Crippen LogP contribution in [0.5, 0.6) is 0 Å². The molecular weight excluding hydrogens is 276 g/mol. The molecule has 1 unspecified atom stereocenters. The second-order valence-corrected chi connectivity index (χ2v) is 7.09. The lowest BCUT2D eigenvalue weighted by molar-refractivity contribution is -0.115. The van der Waals surface area contributed by atoms with Crippen LogP contribution in [0.15, 0.2) is 0 Å². The highest BCUT2D eigenvalue weighted by molar-refractivity contribution is 8.17. The third-order valence-corrected chi connectivity index (χ3v) is 5.29. The Labute approximate surface area is 116 Å². The van der Waals surface area contributed by atoms with Gasteiger partial charge in [0.2, 0.25) is 0 Å². The summed E-state index contributed by atoms with van der Waals surface area (Å²) in [6.07, 6.45) is -4.78. The molecule has 0 amide bonds. The lowest BCUT2D eigenvalue weighted by Gasteiger charge is -2.29. The Balaban J connectivity index is 2.60. The maximum absolute atomic E-state index is 10.2. The van der Waals surface area contributed by atoms with E-state index in [0.717, 1.165) is 11.5 Å². The summed E-state index contributed by atoms with van der Waals surface area (Å²) in [4.78, 5) is 0. The fourth-order valence-electron chi connectivity index (χ4n) is 1.77. The van der Waals surface area contributed by atoms with Crippen molar-refractivity contribution in [2.75, 3.05) is 11.5 Å². The van der Waals surface area contributed by atoms with Gasteiger partial charge in [-0.25, -0.2) is 0 Å². The second kappa shape index (κ2) is 7.94. The number of hydrogen-bond acceptors (Lipinski definition) is 7. The Morgan fingerprint density at radius 1 is 1.11 bits per heavy atom. The maximum Gasteiger partial charge on any atom is 0.186 e. The third kappa shape index (κ3) is 4.26. The second-order valence-electron chi connectivity index (χ2n) is 3.96. The molecule has 1 aliphatic heterocycles. The van der Waals surface area contributed by atoms with Crippen LogP contribution in [-0.4, -0.2) is 62.3 Å². The van der Waals surface area contributed by atoms with Gasteiger partial charge in [-0.1, -0.05) is 13.8 Å². The molecule has 0 aliphatic carbocycles. The topological polar surface area (TPSA) is 79.2 Å². The molecule has 7 heteroatoms. The van der Waals surface area contributed by atoms with Gasteiger partial charge in [-0.2, -0.15) is 0 Å².